The Labute approximate surface area is 167 Å². The van der Waals surface area contributed by atoms with Gasteiger partial charge >= 0.3 is 0 Å². The Hall–Kier alpha value is -2.84. The second-order valence-corrected chi connectivity index (χ2v) is 7.78. The first-order chi connectivity index (χ1) is 13.5. The van der Waals surface area contributed by atoms with Gasteiger partial charge in [-0.05, 0) is 37.5 Å². The van der Waals surface area contributed by atoms with E-state index >= 15 is 0 Å². The fourth-order valence-corrected chi connectivity index (χ4v) is 4.33. The van der Waals surface area contributed by atoms with Gasteiger partial charge in [0.05, 0.1) is 6.04 Å². The molecule has 1 heterocycles. The highest BCUT2D eigenvalue weighted by molar-refractivity contribution is 5.49. The molecule has 2 heteroatoms. The summed E-state index contributed by atoms with van der Waals surface area (Å²) in [5.41, 5.74) is 4.48. The number of benzene rings is 3. The highest BCUT2D eigenvalue weighted by atomic mass is 16.3. The molecule has 28 heavy (non-hydrogen) atoms. The van der Waals surface area contributed by atoms with Crippen molar-refractivity contribution in [2.75, 3.05) is 0 Å². The van der Waals surface area contributed by atoms with Crippen molar-refractivity contribution >= 4 is 0 Å². The minimum absolute atomic E-state index is 0.0856. The Kier molecular flexibility index (Phi) is 4.82. The molecule has 1 saturated heterocycles. The molecule has 2 nitrogen and oxygen atoms in total. The zero-order chi connectivity index (χ0) is 19.7. The van der Waals surface area contributed by atoms with E-state index in [4.69, 9.17) is 0 Å². The van der Waals surface area contributed by atoms with Crippen LogP contribution in [0.15, 0.2) is 102 Å². The Morgan fingerprint density at radius 1 is 0.786 bits per heavy atom. The quantitative estimate of drug-likeness (QED) is 0.586. The fraction of sp³-hybridized carbons (Fsp3) is 0.231. The van der Waals surface area contributed by atoms with Crippen LogP contribution in [-0.4, -0.2) is 16.0 Å². The van der Waals surface area contributed by atoms with Crippen molar-refractivity contribution in [1.29, 1.82) is 0 Å². The van der Waals surface area contributed by atoms with Gasteiger partial charge in [-0.15, -0.1) is 0 Å². The molecule has 4 rings (SSSR count). The molecule has 0 saturated carbocycles. The first kappa shape index (κ1) is 18.5. The van der Waals surface area contributed by atoms with Crippen LogP contribution in [0.1, 0.15) is 43.5 Å². The maximum atomic E-state index is 12.2. The number of hydrogen-bond donors (Lipinski definition) is 1. The van der Waals surface area contributed by atoms with E-state index < -0.39 is 5.60 Å². The molecule has 3 aromatic rings. The van der Waals surface area contributed by atoms with Crippen LogP contribution < -0.4 is 0 Å². The first-order valence-corrected chi connectivity index (χ1v) is 9.89. The SMILES string of the molecule is CC(C)=C1[C@@H](C(O)(c2ccccc2)c2ccccc2)N1[C@H](C)c1ccccc1. The first-order valence-electron chi connectivity index (χ1n) is 9.89. The van der Waals surface area contributed by atoms with Crippen molar-refractivity contribution in [3.05, 3.63) is 119 Å². The minimum Gasteiger partial charge on any atom is -0.378 e. The molecule has 0 unspecified atom stereocenters. The van der Waals surface area contributed by atoms with Crippen LogP contribution in [0.5, 0.6) is 0 Å². The van der Waals surface area contributed by atoms with E-state index in [1.165, 1.54) is 16.8 Å². The molecule has 1 aliphatic rings. The predicted molar refractivity (Wildman–Crippen MR) is 115 cm³/mol. The van der Waals surface area contributed by atoms with Crippen molar-refractivity contribution in [3.8, 4) is 0 Å². The molecule has 3 aromatic carbocycles. The summed E-state index contributed by atoms with van der Waals surface area (Å²) in [7, 11) is 0. The van der Waals surface area contributed by atoms with Gasteiger partial charge in [0.2, 0.25) is 0 Å². The van der Waals surface area contributed by atoms with E-state index in [2.05, 4.69) is 49.9 Å². The average molecular weight is 370 g/mol. The normalized spacial score (nSPS) is 17.4. The zero-order valence-corrected chi connectivity index (χ0v) is 16.7. The minimum atomic E-state index is -1.10. The van der Waals surface area contributed by atoms with Crippen LogP contribution in [-0.2, 0) is 5.60 Å². The Balaban J connectivity index is 1.83. The predicted octanol–water partition coefficient (Wildman–Crippen LogP) is 5.66. The molecule has 1 fully saturated rings. The second-order valence-electron chi connectivity index (χ2n) is 7.78. The third-order valence-corrected chi connectivity index (χ3v) is 5.78. The summed E-state index contributed by atoms with van der Waals surface area (Å²) in [6.07, 6.45) is 0. The lowest BCUT2D eigenvalue weighted by atomic mass is 9.82. The molecule has 0 amide bonds. The van der Waals surface area contributed by atoms with Crippen LogP contribution in [0, 0.1) is 0 Å². The molecule has 0 radical (unpaired) electrons. The van der Waals surface area contributed by atoms with Crippen molar-refractivity contribution in [1.82, 2.24) is 4.90 Å². The molecule has 0 aliphatic carbocycles. The zero-order valence-electron chi connectivity index (χ0n) is 16.7. The van der Waals surface area contributed by atoms with Gasteiger partial charge in [0, 0.05) is 5.70 Å². The lowest BCUT2D eigenvalue weighted by Crippen LogP contribution is -2.36. The average Bonchev–Trinajstić information content (AvgIpc) is 3.51. The third kappa shape index (κ3) is 3.04. The van der Waals surface area contributed by atoms with E-state index in [0.717, 1.165) is 11.1 Å². The highest BCUT2D eigenvalue weighted by Gasteiger charge is 2.58. The number of hydrogen-bond acceptors (Lipinski definition) is 2. The lowest BCUT2D eigenvalue weighted by molar-refractivity contribution is 0.0605. The van der Waals surface area contributed by atoms with Gasteiger partial charge in [-0.25, -0.2) is 0 Å². The van der Waals surface area contributed by atoms with Crippen LogP contribution in [0.2, 0.25) is 0 Å². The van der Waals surface area contributed by atoms with Crippen molar-refractivity contribution in [2.24, 2.45) is 0 Å². The summed E-state index contributed by atoms with van der Waals surface area (Å²) < 4.78 is 0. The Morgan fingerprint density at radius 3 is 1.64 bits per heavy atom. The Morgan fingerprint density at radius 2 is 1.21 bits per heavy atom. The number of aliphatic hydroxyl groups is 1. The standard InChI is InChI=1S/C26H27NO/c1-19(2)24-25(27(24)20(3)21-13-7-4-8-14-21)26(28,22-15-9-5-10-16-22)23-17-11-6-12-18-23/h4-18,20,25,28H,1-3H3/t20-,25+,27?/m1/s1. The molecule has 0 bridgehead atoms. The summed E-state index contributed by atoms with van der Waals surface area (Å²) >= 11 is 0. The summed E-state index contributed by atoms with van der Waals surface area (Å²) in [5.74, 6) is 0. The van der Waals surface area contributed by atoms with Crippen molar-refractivity contribution < 1.29 is 5.11 Å². The third-order valence-electron chi connectivity index (χ3n) is 5.78. The summed E-state index contributed by atoms with van der Waals surface area (Å²) in [5, 5.41) is 12.2. The molecular weight excluding hydrogens is 342 g/mol. The van der Waals surface area contributed by atoms with E-state index in [9.17, 15) is 5.11 Å². The fourth-order valence-electron chi connectivity index (χ4n) is 4.33. The summed E-state index contributed by atoms with van der Waals surface area (Å²) in [6.45, 7) is 6.49. The molecule has 142 valence electrons. The summed E-state index contributed by atoms with van der Waals surface area (Å²) in [4.78, 5) is 2.37. The molecule has 1 aliphatic heterocycles. The van der Waals surface area contributed by atoms with Crippen molar-refractivity contribution in [3.63, 3.8) is 0 Å². The summed E-state index contributed by atoms with van der Waals surface area (Å²) in [6, 6.07) is 30.7. The Bertz CT molecular complexity index is 920. The van der Waals surface area contributed by atoms with Crippen LogP contribution >= 0.6 is 0 Å². The van der Waals surface area contributed by atoms with E-state index in [-0.39, 0.29) is 12.1 Å². The van der Waals surface area contributed by atoms with Crippen molar-refractivity contribution in [2.45, 2.75) is 38.5 Å². The molecule has 2 atom stereocenters. The molecule has 0 aromatic heterocycles. The van der Waals surface area contributed by atoms with E-state index in [1.54, 1.807) is 0 Å². The topological polar surface area (TPSA) is 23.2 Å². The van der Waals surface area contributed by atoms with E-state index in [1.807, 2.05) is 66.7 Å². The van der Waals surface area contributed by atoms with Gasteiger partial charge in [-0.1, -0.05) is 96.6 Å². The van der Waals surface area contributed by atoms with Crippen LogP contribution in [0.4, 0.5) is 0 Å². The number of allylic oxidation sites excluding steroid dienone is 1. The van der Waals surface area contributed by atoms with Gasteiger partial charge < -0.3 is 10.0 Å². The van der Waals surface area contributed by atoms with Gasteiger partial charge in [0.1, 0.15) is 11.6 Å². The van der Waals surface area contributed by atoms with Gasteiger partial charge in [0.25, 0.3) is 0 Å². The van der Waals surface area contributed by atoms with Gasteiger partial charge in [0.15, 0.2) is 0 Å². The van der Waals surface area contributed by atoms with E-state index in [0.29, 0.717) is 0 Å². The van der Waals surface area contributed by atoms with Crippen LogP contribution in [0.3, 0.4) is 0 Å². The maximum absolute atomic E-state index is 12.2. The number of rotatable bonds is 5. The lowest BCUT2D eigenvalue weighted by Gasteiger charge is -2.30. The second kappa shape index (κ2) is 7.29. The number of nitrogens with zero attached hydrogens (tertiary/aromatic N) is 1. The highest BCUT2D eigenvalue weighted by Crippen LogP contribution is 2.54. The molecular formula is C26H27NO. The molecule has 0 spiro atoms. The molecule has 1 N–H and O–H groups in total. The largest absolute Gasteiger partial charge is 0.378 e. The van der Waals surface area contributed by atoms with Gasteiger partial charge in [-0.3, -0.25) is 0 Å². The van der Waals surface area contributed by atoms with Gasteiger partial charge in [-0.2, -0.15) is 0 Å². The smallest absolute Gasteiger partial charge is 0.140 e. The maximum Gasteiger partial charge on any atom is 0.140 e. The van der Waals surface area contributed by atoms with Crippen LogP contribution in [0.25, 0.3) is 0 Å². The monoisotopic (exact) mass is 369 g/mol.